The number of allylic oxidation sites excluding steroid dienone is 5. The van der Waals surface area contributed by atoms with Gasteiger partial charge in [-0.3, -0.25) is 5.41 Å². The van der Waals surface area contributed by atoms with E-state index < -0.39 is 0 Å². The lowest BCUT2D eigenvalue weighted by Gasteiger charge is -2.14. The smallest absolute Gasteiger partial charge is 0.0991 e. The van der Waals surface area contributed by atoms with Gasteiger partial charge in [0, 0.05) is 18.3 Å². The quantitative estimate of drug-likeness (QED) is 0.803. The zero-order chi connectivity index (χ0) is 15.7. The first-order valence-corrected chi connectivity index (χ1v) is 7.50. The molecule has 2 aliphatic carbocycles. The third-order valence-corrected chi connectivity index (χ3v) is 4.34. The van der Waals surface area contributed by atoms with Crippen LogP contribution in [0.2, 0.25) is 0 Å². The van der Waals surface area contributed by atoms with Crippen molar-refractivity contribution in [1.82, 2.24) is 0 Å². The highest BCUT2D eigenvalue weighted by Crippen LogP contribution is 2.45. The van der Waals surface area contributed by atoms with Crippen LogP contribution in [0.4, 0.5) is 5.69 Å². The number of nitriles is 1. The second-order valence-electron chi connectivity index (χ2n) is 5.94. The normalized spacial score (nSPS) is 21.4. The molecule has 1 aromatic rings. The third kappa shape index (κ3) is 2.73. The van der Waals surface area contributed by atoms with Crippen molar-refractivity contribution in [3.63, 3.8) is 0 Å². The van der Waals surface area contributed by atoms with E-state index in [1.54, 1.807) is 12.1 Å². The van der Waals surface area contributed by atoms with E-state index >= 15 is 0 Å². The Kier molecular flexibility index (Phi) is 3.68. The van der Waals surface area contributed by atoms with Gasteiger partial charge in [-0.1, -0.05) is 24.8 Å². The monoisotopic (exact) mass is 289 g/mol. The predicted molar refractivity (Wildman–Crippen MR) is 90.1 cm³/mol. The molecule has 110 valence electrons. The minimum atomic E-state index is 0.397. The Hall–Kier alpha value is -2.60. The van der Waals surface area contributed by atoms with Gasteiger partial charge in [0.25, 0.3) is 0 Å². The van der Waals surface area contributed by atoms with Crippen LogP contribution in [-0.4, -0.2) is 12.8 Å². The standard InChI is InChI=1S/C19H19N3/c1-12(7-13-3-5-15-10-16(15)8-13)19(21)17-9-14(11-20)4-6-18(17)22-2/h3-6,8-9,15-16,21-22H,1,7,10H2,2H3. The van der Waals surface area contributed by atoms with E-state index in [1.807, 2.05) is 13.1 Å². The lowest BCUT2D eigenvalue weighted by molar-refractivity contribution is 0.951. The summed E-state index contributed by atoms with van der Waals surface area (Å²) in [6, 6.07) is 7.47. The number of benzene rings is 1. The Morgan fingerprint density at radius 3 is 2.95 bits per heavy atom. The SMILES string of the molecule is C=C(CC1=CC2CC2C=C1)C(=N)c1cc(C#N)ccc1NC. The Morgan fingerprint density at radius 1 is 1.45 bits per heavy atom. The number of nitrogens with one attached hydrogen (secondary N) is 2. The van der Waals surface area contributed by atoms with Gasteiger partial charge in [0.2, 0.25) is 0 Å². The fraction of sp³-hybridized carbons (Fsp3) is 0.263. The predicted octanol–water partition coefficient (Wildman–Crippen LogP) is 4.05. The molecule has 2 aliphatic rings. The Morgan fingerprint density at radius 2 is 2.27 bits per heavy atom. The van der Waals surface area contributed by atoms with E-state index in [-0.39, 0.29) is 0 Å². The van der Waals surface area contributed by atoms with Gasteiger partial charge >= 0.3 is 0 Å². The van der Waals surface area contributed by atoms with E-state index in [0.29, 0.717) is 23.6 Å². The zero-order valence-electron chi connectivity index (χ0n) is 12.7. The summed E-state index contributed by atoms with van der Waals surface area (Å²) in [5.74, 6) is 1.46. The van der Waals surface area contributed by atoms with Gasteiger partial charge in [0.1, 0.15) is 0 Å². The van der Waals surface area contributed by atoms with Gasteiger partial charge in [-0.05, 0) is 54.0 Å². The molecule has 3 heteroatoms. The molecule has 0 heterocycles. The molecular weight excluding hydrogens is 270 g/mol. The second-order valence-corrected chi connectivity index (χ2v) is 5.94. The molecule has 1 fully saturated rings. The molecule has 0 aliphatic heterocycles. The number of nitrogens with zero attached hydrogens (tertiary/aromatic N) is 1. The van der Waals surface area contributed by atoms with Crippen LogP contribution in [0.3, 0.4) is 0 Å². The Bertz CT molecular complexity index is 746. The lowest BCUT2D eigenvalue weighted by atomic mass is 9.93. The fourth-order valence-corrected chi connectivity index (χ4v) is 2.91. The van der Waals surface area contributed by atoms with Gasteiger partial charge in [-0.15, -0.1) is 0 Å². The average Bonchev–Trinajstić information content (AvgIpc) is 3.32. The van der Waals surface area contributed by atoms with Gasteiger partial charge in [0.15, 0.2) is 0 Å². The molecule has 3 nitrogen and oxygen atoms in total. The van der Waals surface area contributed by atoms with Crippen LogP contribution in [0.15, 0.2) is 54.2 Å². The molecule has 1 aromatic carbocycles. The van der Waals surface area contributed by atoms with Crippen molar-refractivity contribution < 1.29 is 0 Å². The molecule has 1 saturated carbocycles. The number of hydrogen-bond donors (Lipinski definition) is 2. The molecule has 22 heavy (non-hydrogen) atoms. The molecule has 0 radical (unpaired) electrons. The molecule has 0 amide bonds. The summed E-state index contributed by atoms with van der Waals surface area (Å²) in [7, 11) is 1.82. The molecular formula is C19H19N3. The summed E-state index contributed by atoms with van der Waals surface area (Å²) in [4.78, 5) is 0. The second kappa shape index (κ2) is 5.65. The number of hydrogen-bond acceptors (Lipinski definition) is 3. The fourth-order valence-electron chi connectivity index (χ4n) is 2.91. The van der Waals surface area contributed by atoms with Gasteiger partial charge in [-0.2, -0.15) is 5.26 Å². The van der Waals surface area contributed by atoms with Crippen LogP contribution < -0.4 is 5.32 Å². The summed E-state index contributed by atoms with van der Waals surface area (Å²) in [5.41, 5.74) is 4.56. The van der Waals surface area contributed by atoms with E-state index in [4.69, 9.17) is 10.7 Å². The molecule has 0 spiro atoms. The molecule has 2 N–H and O–H groups in total. The minimum Gasteiger partial charge on any atom is -0.388 e. The molecule has 3 rings (SSSR count). The minimum absolute atomic E-state index is 0.397. The largest absolute Gasteiger partial charge is 0.388 e. The highest BCUT2D eigenvalue weighted by molar-refractivity contribution is 6.13. The highest BCUT2D eigenvalue weighted by atomic mass is 14.8. The van der Waals surface area contributed by atoms with E-state index in [1.165, 1.54) is 12.0 Å². The first kappa shape index (κ1) is 14.3. The number of anilines is 1. The average molecular weight is 289 g/mol. The van der Waals surface area contributed by atoms with Crippen molar-refractivity contribution in [3.05, 3.63) is 65.3 Å². The van der Waals surface area contributed by atoms with Gasteiger partial charge < -0.3 is 5.32 Å². The Balaban J connectivity index is 1.80. The van der Waals surface area contributed by atoms with Crippen molar-refractivity contribution in [2.45, 2.75) is 12.8 Å². The first-order valence-electron chi connectivity index (χ1n) is 7.50. The van der Waals surface area contributed by atoms with Gasteiger partial charge in [-0.25, -0.2) is 0 Å². The van der Waals surface area contributed by atoms with E-state index in [9.17, 15) is 0 Å². The topological polar surface area (TPSA) is 59.7 Å². The maximum atomic E-state index is 9.06. The van der Waals surface area contributed by atoms with Crippen molar-refractivity contribution in [2.24, 2.45) is 11.8 Å². The maximum absolute atomic E-state index is 9.06. The summed E-state index contributed by atoms with van der Waals surface area (Å²) >= 11 is 0. The van der Waals surface area contributed by atoms with Crippen molar-refractivity contribution in [1.29, 1.82) is 10.7 Å². The molecule has 2 atom stereocenters. The molecule has 0 saturated heterocycles. The molecule has 2 unspecified atom stereocenters. The lowest BCUT2D eigenvalue weighted by Crippen LogP contribution is -2.08. The maximum Gasteiger partial charge on any atom is 0.0991 e. The van der Waals surface area contributed by atoms with Crippen LogP contribution in [0, 0.1) is 28.6 Å². The van der Waals surface area contributed by atoms with Crippen molar-refractivity contribution in [3.8, 4) is 6.07 Å². The highest BCUT2D eigenvalue weighted by Gasteiger charge is 2.34. The van der Waals surface area contributed by atoms with Crippen LogP contribution in [0.25, 0.3) is 0 Å². The first-order chi connectivity index (χ1) is 10.6. The zero-order valence-corrected chi connectivity index (χ0v) is 12.7. The Labute approximate surface area is 131 Å². The van der Waals surface area contributed by atoms with E-state index in [0.717, 1.165) is 22.7 Å². The number of fused-ring (bicyclic) bond motifs is 1. The summed E-state index contributed by atoms with van der Waals surface area (Å²) in [6.07, 6.45) is 8.70. The molecule has 0 aromatic heterocycles. The van der Waals surface area contributed by atoms with Crippen molar-refractivity contribution >= 4 is 11.4 Å². The van der Waals surface area contributed by atoms with Gasteiger partial charge in [0.05, 0.1) is 17.3 Å². The van der Waals surface area contributed by atoms with Crippen LogP contribution in [0.1, 0.15) is 24.0 Å². The van der Waals surface area contributed by atoms with Crippen LogP contribution >= 0.6 is 0 Å². The van der Waals surface area contributed by atoms with Crippen LogP contribution in [0.5, 0.6) is 0 Å². The summed E-state index contributed by atoms with van der Waals surface area (Å²) in [5, 5.41) is 20.6. The van der Waals surface area contributed by atoms with E-state index in [2.05, 4.69) is 36.2 Å². The third-order valence-electron chi connectivity index (χ3n) is 4.34. The number of rotatable bonds is 5. The van der Waals surface area contributed by atoms with Crippen molar-refractivity contribution in [2.75, 3.05) is 12.4 Å². The summed E-state index contributed by atoms with van der Waals surface area (Å²) in [6.45, 7) is 4.08. The van der Waals surface area contributed by atoms with Crippen LogP contribution in [-0.2, 0) is 0 Å². The summed E-state index contributed by atoms with van der Waals surface area (Å²) < 4.78 is 0. The molecule has 0 bridgehead atoms.